The molecular weight excluding hydrogens is 190 g/mol. The van der Waals surface area contributed by atoms with Crippen molar-refractivity contribution in [3.05, 3.63) is 0 Å². The molecule has 0 saturated heterocycles. The minimum absolute atomic E-state index is 0.228. The molecule has 15 heavy (non-hydrogen) atoms. The van der Waals surface area contributed by atoms with Gasteiger partial charge in [0, 0.05) is 13.7 Å². The summed E-state index contributed by atoms with van der Waals surface area (Å²) in [5.41, 5.74) is 5.77. The fourth-order valence-electron chi connectivity index (χ4n) is 1.10. The third-order valence-corrected chi connectivity index (χ3v) is 2.11. The minimum Gasteiger partial charge on any atom is -0.383 e. The van der Waals surface area contributed by atoms with Crippen LogP contribution in [0.2, 0.25) is 0 Å². The van der Waals surface area contributed by atoms with Gasteiger partial charge in [-0.05, 0) is 11.8 Å². The average Bonchev–Trinajstić information content (AvgIpc) is 2.14. The topological polar surface area (TPSA) is 59.6 Å². The lowest BCUT2D eigenvalue weighted by Gasteiger charge is -2.22. The fourth-order valence-corrected chi connectivity index (χ4v) is 1.10. The number of hydrogen-bond acceptors (Lipinski definition) is 2. The summed E-state index contributed by atoms with van der Waals surface area (Å²) in [6, 6.07) is 0.228. The Balaban J connectivity index is 4.09. The van der Waals surface area contributed by atoms with Crippen molar-refractivity contribution in [1.82, 2.24) is 5.32 Å². The highest BCUT2D eigenvalue weighted by molar-refractivity contribution is 5.78. The van der Waals surface area contributed by atoms with Crippen molar-refractivity contribution in [2.45, 2.75) is 33.7 Å². The van der Waals surface area contributed by atoms with Gasteiger partial charge in [0.05, 0.1) is 12.6 Å². The van der Waals surface area contributed by atoms with Gasteiger partial charge in [-0.15, -0.1) is 0 Å². The first-order chi connectivity index (χ1) is 6.97. The van der Waals surface area contributed by atoms with E-state index in [9.17, 15) is 0 Å². The molecule has 0 spiro atoms. The predicted molar refractivity (Wildman–Crippen MR) is 65.0 cm³/mol. The van der Waals surface area contributed by atoms with E-state index >= 15 is 0 Å². The Morgan fingerprint density at radius 2 is 1.93 bits per heavy atom. The van der Waals surface area contributed by atoms with Gasteiger partial charge in [0.25, 0.3) is 0 Å². The maximum Gasteiger partial charge on any atom is 0.188 e. The number of aliphatic imine (C=N–C) groups is 1. The van der Waals surface area contributed by atoms with Gasteiger partial charge in [-0.3, -0.25) is 4.99 Å². The van der Waals surface area contributed by atoms with Crippen molar-refractivity contribution >= 4 is 5.96 Å². The Labute approximate surface area is 93.3 Å². The van der Waals surface area contributed by atoms with Crippen LogP contribution in [0.1, 0.15) is 27.7 Å². The Morgan fingerprint density at radius 1 is 1.33 bits per heavy atom. The molecule has 0 heterocycles. The van der Waals surface area contributed by atoms with Crippen molar-refractivity contribution in [2.24, 2.45) is 22.6 Å². The highest BCUT2D eigenvalue weighted by Gasteiger charge is 2.13. The molecular formula is C11H25N3O. The largest absolute Gasteiger partial charge is 0.383 e. The Morgan fingerprint density at radius 3 is 2.33 bits per heavy atom. The number of nitrogens with two attached hydrogens (primary N) is 1. The molecule has 0 aliphatic carbocycles. The second-order valence-corrected chi connectivity index (χ2v) is 4.57. The van der Waals surface area contributed by atoms with Crippen molar-refractivity contribution in [1.29, 1.82) is 0 Å². The van der Waals surface area contributed by atoms with E-state index < -0.39 is 0 Å². The lowest BCUT2D eigenvalue weighted by Crippen LogP contribution is -2.45. The number of ether oxygens (including phenoxy) is 1. The number of hydrogen-bond donors (Lipinski definition) is 2. The lowest BCUT2D eigenvalue weighted by molar-refractivity contribution is 0.156. The zero-order valence-electron chi connectivity index (χ0n) is 10.6. The summed E-state index contributed by atoms with van der Waals surface area (Å²) < 4.78 is 5.12. The Hall–Kier alpha value is -0.770. The van der Waals surface area contributed by atoms with E-state index in [1.165, 1.54) is 0 Å². The van der Waals surface area contributed by atoms with Crippen LogP contribution in [0.4, 0.5) is 0 Å². The first-order valence-electron chi connectivity index (χ1n) is 5.52. The van der Waals surface area contributed by atoms with Gasteiger partial charge in [0.2, 0.25) is 0 Å². The first-order valence-corrected chi connectivity index (χ1v) is 5.52. The van der Waals surface area contributed by atoms with Crippen LogP contribution in [0.3, 0.4) is 0 Å². The molecule has 1 unspecified atom stereocenters. The van der Waals surface area contributed by atoms with Crippen molar-refractivity contribution in [3.63, 3.8) is 0 Å². The zero-order valence-corrected chi connectivity index (χ0v) is 10.6. The Kier molecular flexibility index (Phi) is 7.13. The number of methoxy groups -OCH3 is 1. The summed E-state index contributed by atoms with van der Waals surface area (Å²) >= 11 is 0. The van der Waals surface area contributed by atoms with Gasteiger partial charge in [-0.2, -0.15) is 0 Å². The van der Waals surface area contributed by atoms with Crippen LogP contribution < -0.4 is 11.1 Å². The molecule has 0 aromatic heterocycles. The monoisotopic (exact) mass is 215 g/mol. The number of nitrogens with one attached hydrogen (secondary N) is 1. The molecule has 0 aliphatic rings. The van der Waals surface area contributed by atoms with Crippen LogP contribution in [0, 0.1) is 11.8 Å². The van der Waals surface area contributed by atoms with E-state index in [0.717, 1.165) is 6.54 Å². The quantitative estimate of drug-likeness (QED) is 0.517. The average molecular weight is 215 g/mol. The van der Waals surface area contributed by atoms with Gasteiger partial charge in [0.1, 0.15) is 0 Å². The lowest BCUT2D eigenvalue weighted by atomic mass is 10.1. The van der Waals surface area contributed by atoms with Crippen LogP contribution in [-0.2, 0) is 4.74 Å². The van der Waals surface area contributed by atoms with Crippen molar-refractivity contribution in [3.8, 4) is 0 Å². The standard InChI is InChI=1S/C11H25N3O/c1-8(2)6-13-11(12)14-10(7-15-5)9(3)4/h8-10H,6-7H2,1-5H3,(H3,12,13,14). The minimum atomic E-state index is 0.228. The molecule has 0 bridgehead atoms. The van der Waals surface area contributed by atoms with E-state index in [1.807, 2.05) is 0 Å². The third kappa shape index (κ3) is 7.19. The SMILES string of the molecule is COCC(NC(N)=NCC(C)C)C(C)C. The first kappa shape index (κ1) is 14.2. The van der Waals surface area contributed by atoms with Gasteiger partial charge in [-0.25, -0.2) is 0 Å². The maximum absolute atomic E-state index is 5.77. The predicted octanol–water partition coefficient (Wildman–Crippen LogP) is 1.22. The Bertz CT molecular complexity index is 190. The molecule has 1 atom stereocenters. The summed E-state index contributed by atoms with van der Waals surface area (Å²) in [5.74, 6) is 1.52. The van der Waals surface area contributed by atoms with E-state index in [4.69, 9.17) is 10.5 Å². The summed E-state index contributed by atoms with van der Waals surface area (Å²) in [7, 11) is 1.69. The molecule has 0 rings (SSSR count). The molecule has 4 nitrogen and oxygen atoms in total. The second kappa shape index (κ2) is 7.51. The van der Waals surface area contributed by atoms with Gasteiger partial charge in [-0.1, -0.05) is 27.7 Å². The van der Waals surface area contributed by atoms with Crippen LogP contribution in [0.5, 0.6) is 0 Å². The molecule has 0 fully saturated rings. The van der Waals surface area contributed by atoms with E-state index in [-0.39, 0.29) is 6.04 Å². The summed E-state index contributed by atoms with van der Waals surface area (Å²) in [5, 5.41) is 3.18. The number of nitrogens with zero attached hydrogens (tertiary/aromatic N) is 1. The van der Waals surface area contributed by atoms with Crippen molar-refractivity contribution in [2.75, 3.05) is 20.3 Å². The van der Waals surface area contributed by atoms with Gasteiger partial charge >= 0.3 is 0 Å². The molecule has 90 valence electrons. The summed E-state index contributed by atoms with van der Waals surface area (Å²) in [6.07, 6.45) is 0. The molecule has 3 N–H and O–H groups in total. The molecule has 4 heteroatoms. The smallest absolute Gasteiger partial charge is 0.188 e. The maximum atomic E-state index is 5.77. The zero-order chi connectivity index (χ0) is 11.8. The summed E-state index contributed by atoms with van der Waals surface area (Å²) in [4.78, 5) is 4.26. The molecule has 0 radical (unpaired) electrons. The highest BCUT2D eigenvalue weighted by atomic mass is 16.5. The van der Waals surface area contributed by atoms with Gasteiger partial charge in [0.15, 0.2) is 5.96 Å². The van der Waals surface area contributed by atoms with Crippen LogP contribution >= 0.6 is 0 Å². The van der Waals surface area contributed by atoms with Crippen LogP contribution in [-0.4, -0.2) is 32.3 Å². The molecule has 0 amide bonds. The molecule has 0 aromatic carbocycles. The summed E-state index contributed by atoms with van der Waals surface area (Å²) in [6.45, 7) is 9.91. The number of rotatable bonds is 6. The molecule has 0 aliphatic heterocycles. The van der Waals surface area contributed by atoms with E-state index in [2.05, 4.69) is 38.0 Å². The highest BCUT2D eigenvalue weighted by Crippen LogP contribution is 2.01. The van der Waals surface area contributed by atoms with Crippen LogP contribution in [0.15, 0.2) is 4.99 Å². The third-order valence-electron chi connectivity index (χ3n) is 2.11. The molecule has 0 saturated carbocycles. The van der Waals surface area contributed by atoms with E-state index in [1.54, 1.807) is 7.11 Å². The number of guanidine groups is 1. The normalized spacial score (nSPS) is 14.7. The second-order valence-electron chi connectivity index (χ2n) is 4.57. The van der Waals surface area contributed by atoms with Crippen molar-refractivity contribution < 1.29 is 4.74 Å². The molecule has 0 aromatic rings. The van der Waals surface area contributed by atoms with Gasteiger partial charge < -0.3 is 15.8 Å². The van der Waals surface area contributed by atoms with E-state index in [0.29, 0.717) is 24.4 Å². The van der Waals surface area contributed by atoms with Crippen LogP contribution in [0.25, 0.3) is 0 Å². The fraction of sp³-hybridized carbons (Fsp3) is 0.909.